The Kier molecular flexibility index (Phi) is 7.61. The van der Waals surface area contributed by atoms with Gasteiger partial charge < -0.3 is 15.2 Å². The number of halogens is 1. The van der Waals surface area contributed by atoms with Gasteiger partial charge in [-0.3, -0.25) is 0 Å². The third kappa shape index (κ3) is 4.84. The summed E-state index contributed by atoms with van der Waals surface area (Å²) in [7, 11) is -0.753. The molecule has 0 bridgehead atoms. The summed E-state index contributed by atoms with van der Waals surface area (Å²) < 4.78 is 38.5. The zero-order chi connectivity index (χ0) is 16.8. The monoisotopic (exact) mass is 394 g/mol. The average Bonchev–Trinajstić information content (AvgIpc) is 2.50. The number of hydrogen-bond acceptors (Lipinski definition) is 5. The van der Waals surface area contributed by atoms with E-state index < -0.39 is 10.0 Å². The second-order valence-corrected chi connectivity index (χ2v) is 7.37. The summed E-state index contributed by atoms with van der Waals surface area (Å²) >= 11 is 3.27. The van der Waals surface area contributed by atoms with Crippen LogP contribution in [0.25, 0.3) is 0 Å². The van der Waals surface area contributed by atoms with Gasteiger partial charge in [0.25, 0.3) is 0 Å². The summed E-state index contributed by atoms with van der Waals surface area (Å²) in [5, 5.41) is 0. The third-order valence-electron chi connectivity index (χ3n) is 3.24. The highest BCUT2D eigenvalue weighted by Crippen LogP contribution is 2.35. The Balaban J connectivity index is 3.11. The van der Waals surface area contributed by atoms with E-state index in [0.717, 1.165) is 12.8 Å². The minimum Gasteiger partial charge on any atom is -0.493 e. The normalized spacial score (nSPS) is 13.0. The number of nitrogens with one attached hydrogen (secondary N) is 1. The van der Waals surface area contributed by atoms with Crippen molar-refractivity contribution in [2.45, 2.75) is 37.1 Å². The van der Waals surface area contributed by atoms with Crippen LogP contribution >= 0.6 is 15.9 Å². The smallest absolute Gasteiger partial charge is 0.242 e. The van der Waals surface area contributed by atoms with E-state index in [-0.39, 0.29) is 17.5 Å². The first-order chi connectivity index (χ1) is 10.4. The predicted octanol–water partition coefficient (Wildman–Crippen LogP) is 2.26. The maximum Gasteiger partial charge on any atom is 0.242 e. The molecule has 0 fully saturated rings. The zero-order valence-corrected chi connectivity index (χ0v) is 15.5. The number of unbranched alkanes of at least 4 members (excludes halogenated alkanes) is 1. The molecule has 0 aliphatic heterocycles. The Morgan fingerprint density at radius 2 is 1.86 bits per heavy atom. The molecule has 22 heavy (non-hydrogen) atoms. The van der Waals surface area contributed by atoms with Crippen molar-refractivity contribution in [3.05, 3.63) is 16.6 Å². The van der Waals surface area contributed by atoms with E-state index in [1.54, 1.807) is 6.07 Å². The van der Waals surface area contributed by atoms with Gasteiger partial charge in [-0.15, -0.1) is 0 Å². The molecule has 6 nitrogen and oxygen atoms in total. The Morgan fingerprint density at radius 1 is 1.27 bits per heavy atom. The number of hydrogen-bond donors (Lipinski definition) is 2. The molecule has 0 heterocycles. The van der Waals surface area contributed by atoms with Gasteiger partial charge in [0.15, 0.2) is 11.5 Å². The van der Waals surface area contributed by atoms with Crippen molar-refractivity contribution in [2.24, 2.45) is 5.73 Å². The van der Waals surface area contributed by atoms with Gasteiger partial charge in [0.1, 0.15) is 4.90 Å². The van der Waals surface area contributed by atoms with Crippen LogP contribution in [0.2, 0.25) is 0 Å². The summed E-state index contributed by atoms with van der Waals surface area (Å²) in [5.41, 5.74) is 5.66. The summed E-state index contributed by atoms with van der Waals surface area (Å²) in [6.07, 6.45) is 2.60. The van der Waals surface area contributed by atoms with Crippen LogP contribution in [0.3, 0.4) is 0 Å². The fourth-order valence-corrected chi connectivity index (χ4v) is 4.32. The number of rotatable bonds is 9. The lowest BCUT2D eigenvalue weighted by Gasteiger charge is -2.18. The van der Waals surface area contributed by atoms with E-state index >= 15 is 0 Å². The van der Waals surface area contributed by atoms with Gasteiger partial charge in [-0.2, -0.15) is 0 Å². The quantitative estimate of drug-likeness (QED) is 0.670. The lowest BCUT2D eigenvalue weighted by atomic mass is 10.1. The van der Waals surface area contributed by atoms with Gasteiger partial charge >= 0.3 is 0 Å². The fraction of sp³-hybridized carbons (Fsp3) is 0.571. The maximum atomic E-state index is 12.6. The van der Waals surface area contributed by atoms with Crippen molar-refractivity contribution in [1.29, 1.82) is 0 Å². The standard InChI is InChI=1S/C14H23BrN2O4S/c1-4-5-6-10(9-16)17-22(18,19)14-8-13(21-3)12(20-2)7-11(14)15/h7-8,10,17H,4-6,9,16H2,1-3H3. The molecule has 126 valence electrons. The molecule has 1 aromatic rings. The highest BCUT2D eigenvalue weighted by molar-refractivity contribution is 9.10. The molecule has 1 unspecified atom stereocenters. The van der Waals surface area contributed by atoms with Gasteiger partial charge in [0.2, 0.25) is 10.0 Å². The lowest BCUT2D eigenvalue weighted by molar-refractivity contribution is 0.353. The number of sulfonamides is 1. The van der Waals surface area contributed by atoms with E-state index in [1.807, 2.05) is 6.92 Å². The van der Waals surface area contributed by atoms with E-state index in [2.05, 4.69) is 20.7 Å². The largest absolute Gasteiger partial charge is 0.493 e. The molecule has 8 heteroatoms. The Morgan fingerprint density at radius 3 is 2.36 bits per heavy atom. The molecule has 0 saturated carbocycles. The molecule has 0 spiro atoms. The van der Waals surface area contributed by atoms with Crippen LogP contribution < -0.4 is 19.9 Å². The van der Waals surface area contributed by atoms with E-state index in [9.17, 15) is 8.42 Å². The number of nitrogens with two attached hydrogens (primary N) is 1. The highest BCUT2D eigenvalue weighted by Gasteiger charge is 2.24. The van der Waals surface area contributed by atoms with Crippen molar-refractivity contribution >= 4 is 26.0 Å². The molecule has 0 aromatic heterocycles. The number of ether oxygens (including phenoxy) is 2. The minimum atomic E-state index is -3.70. The second-order valence-electron chi connectivity index (χ2n) is 4.83. The van der Waals surface area contributed by atoms with Gasteiger partial charge in [0.05, 0.1) is 14.2 Å². The van der Waals surface area contributed by atoms with Gasteiger partial charge in [0, 0.05) is 23.1 Å². The van der Waals surface area contributed by atoms with Gasteiger partial charge in [-0.05, 0) is 28.4 Å². The van der Waals surface area contributed by atoms with Crippen LogP contribution in [-0.2, 0) is 10.0 Å². The van der Waals surface area contributed by atoms with E-state index in [1.165, 1.54) is 20.3 Å². The first-order valence-electron chi connectivity index (χ1n) is 7.03. The second kappa shape index (κ2) is 8.71. The van der Waals surface area contributed by atoms with Crippen molar-refractivity contribution in [3.8, 4) is 11.5 Å². The summed E-state index contributed by atoms with van der Waals surface area (Å²) in [6.45, 7) is 2.30. The predicted molar refractivity (Wildman–Crippen MR) is 89.9 cm³/mol. The Bertz CT molecular complexity index is 593. The molecule has 0 amide bonds. The van der Waals surface area contributed by atoms with Crippen LogP contribution in [0.15, 0.2) is 21.5 Å². The van der Waals surface area contributed by atoms with Crippen LogP contribution in [0.1, 0.15) is 26.2 Å². The SMILES string of the molecule is CCCCC(CN)NS(=O)(=O)c1cc(OC)c(OC)cc1Br. The topological polar surface area (TPSA) is 90.7 Å². The minimum absolute atomic E-state index is 0.0973. The Hall–Kier alpha value is -0.830. The van der Waals surface area contributed by atoms with Crippen molar-refractivity contribution < 1.29 is 17.9 Å². The summed E-state index contributed by atoms with van der Waals surface area (Å²) in [6, 6.07) is 2.71. The molecule has 1 aromatic carbocycles. The Labute approximate surface area is 140 Å². The highest BCUT2D eigenvalue weighted by atomic mass is 79.9. The zero-order valence-electron chi connectivity index (χ0n) is 13.1. The van der Waals surface area contributed by atoms with Crippen molar-refractivity contribution in [2.75, 3.05) is 20.8 Å². The fourth-order valence-electron chi connectivity index (χ4n) is 2.00. The molecule has 3 N–H and O–H groups in total. The van der Waals surface area contributed by atoms with Crippen molar-refractivity contribution in [3.63, 3.8) is 0 Å². The first kappa shape index (κ1) is 19.2. The van der Waals surface area contributed by atoms with Gasteiger partial charge in [-0.25, -0.2) is 13.1 Å². The van der Waals surface area contributed by atoms with Crippen LogP contribution in [-0.4, -0.2) is 35.2 Å². The molecule has 0 radical (unpaired) electrons. The molecule has 0 saturated heterocycles. The first-order valence-corrected chi connectivity index (χ1v) is 9.31. The number of methoxy groups -OCH3 is 2. The average molecular weight is 395 g/mol. The van der Waals surface area contributed by atoms with Gasteiger partial charge in [-0.1, -0.05) is 19.8 Å². The molecule has 0 aliphatic carbocycles. The van der Waals surface area contributed by atoms with E-state index in [0.29, 0.717) is 22.4 Å². The van der Waals surface area contributed by atoms with Crippen LogP contribution in [0, 0.1) is 0 Å². The third-order valence-corrected chi connectivity index (χ3v) is 5.72. The maximum absolute atomic E-state index is 12.6. The molecule has 1 atom stereocenters. The summed E-state index contributed by atoms with van der Waals surface area (Å²) in [5.74, 6) is 0.804. The summed E-state index contributed by atoms with van der Waals surface area (Å²) in [4.78, 5) is 0.0973. The van der Waals surface area contributed by atoms with Crippen molar-refractivity contribution in [1.82, 2.24) is 4.72 Å². The lowest BCUT2D eigenvalue weighted by Crippen LogP contribution is -2.40. The van der Waals surface area contributed by atoms with Crippen LogP contribution in [0.4, 0.5) is 0 Å². The van der Waals surface area contributed by atoms with Crippen LogP contribution in [0.5, 0.6) is 11.5 Å². The number of benzene rings is 1. The molecular weight excluding hydrogens is 372 g/mol. The molecule has 1 rings (SSSR count). The van der Waals surface area contributed by atoms with E-state index in [4.69, 9.17) is 15.2 Å². The molecular formula is C14H23BrN2O4S. The molecule has 0 aliphatic rings.